The van der Waals surface area contributed by atoms with Crippen LogP contribution in [0, 0.1) is 10.1 Å². The lowest BCUT2D eigenvalue weighted by atomic mass is 10.0. The molecule has 2 N–H and O–H groups in total. The van der Waals surface area contributed by atoms with Crippen molar-refractivity contribution in [2.45, 2.75) is 0 Å². The van der Waals surface area contributed by atoms with Crippen LogP contribution in [-0.2, 0) is 0 Å². The number of nitro groups is 1. The molecule has 0 bridgehead atoms. The van der Waals surface area contributed by atoms with Gasteiger partial charge in [0.1, 0.15) is 0 Å². The molecule has 0 aliphatic carbocycles. The van der Waals surface area contributed by atoms with E-state index in [1.807, 2.05) is 30.3 Å². The number of hydrogen-bond donors (Lipinski definition) is 2. The highest BCUT2D eigenvalue weighted by molar-refractivity contribution is 7.80. The number of fused-ring (bicyclic) bond motifs is 1. The number of hydrogen-bond acceptors (Lipinski definition) is 4. The Morgan fingerprint density at radius 1 is 1.08 bits per heavy atom. The Balaban J connectivity index is 1.79. The Hall–Kier alpha value is -3.03. The lowest BCUT2D eigenvalue weighted by Gasteiger charge is -2.12. The molecule has 0 saturated carbocycles. The summed E-state index contributed by atoms with van der Waals surface area (Å²) in [6.07, 6.45) is 0. The van der Waals surface area contributed by atoms with Gasteiger partial charge in [0.05, 0.1) is 15.6 Å². The molecule has 0 spiro atoms. The van der Waals surface area contributed by atoms with E-state index in [4.69, 9.17) is 23.8 Å². The van der Waals surface area contributed by atoms with E-state index in [9.17, 15) is 14.9 Å². The summed E-state index contributed by atoms with van der Waals surface area (Å²) in [5, 5.41) is 18.1. The molecule has 0 atom stereocenters. The van der Waals surface area contributed by atoms with Crippen molar-refractivity contribution in [3.8, 4) is 0 Å². The van der Waals surface area contributed by atoms with E-state index in [0.29, 0.717) is 5.56 Å². The van der Waals surface area contributed by atoms with Gasteiger partial charge in [0.2, 0.25) is 0 Å². The van der Waals surface area contributed by atoms with Crippen LogP contribution in [0.1, 0.15) is 10.4 Å². The molecule has 3 rings (SSSR count). The lowest BCUT2D eigenvalue weighted by Crippen LogP contribution is -2.34. The summed E-state index contributed by atoms with van der Waals surface area (Å²) in [5.74, 6) is -0.388. The number of nitrogens with one attached hydrogen (secondary N) is 2. The van der Waals surface area contributed by atoms with Crippen LogP contribution in [0.2, 0.25) is 5.02 Å². The predicted molar refractivity (Wildman–Crippen MR) is 106 cm³/mol. The molecular weight excluding hydrogens is 374 g/mol. The first kappa shape index (κ1) is 17.8. The summed E-state index contributed by atoms with van der Waals surface area (Å²) >= 11 is 11.2. The normalized spacial score (nSPS) is 10.3. The second-order valence-corrected chi connectivity index (χ2v) is 6.17. The molecule has 3 aromatic carbocycles. The highest BCUT2D eigenvalue weighted by Crippen LogP contribution is 2.26. The van der Waals surface area contributed by atoms with Crippen molar-refractivity contribution in [1.82, 2.24) is 5.32 Å². The maximum atomic E-state index is 12.5. The van der Waals surface area contributed by atoms with Crippen molar-refractivity contribution in [2.24, 2.45) is 0 Å². The molecule has 0 aromatic heterocycles. The fourth-order valence-corrected chi connectivity index (χ4v) is 2.84. The van der Waals surface area contributed by atoms with E-state index >= 15 is 0 Å². The fraction of sp³-hybridized carbons (Fsp3) is 0. The van der Waals surface area contributed by atoms with Crippen molar-refractivity contribution < 1.29 is 9.72 Å². The summed E-state index contributed by atoms with van der Waals surface area (Å²) < 4.78 is 0. The highest BCUT2D eigenvalue weighted by atomic mass is 35.5. The third-order valence-electron chi connectivity index (χ3n) is 3.67. The Labute approximate surface area is 158 Å². The van der Waals surface area contributed by atoms with Gasteiger partial charge in [0.15, 0.2) is 5.11 Å². The zero-order chi connectivity index (χ0) is 18.7. The first-order chi connectivity index (χ1) is 12.5. The zero-order valence-electron chi connectivity index (χ0n) is 13.2. The van der Waals surface area contributed by atoms with E-state index in [0.717, 1.165) is 10.8 Å². The minimum atomic E-state index is -0.542. The van der Waals surface area contributed by atoms with Gasteiger partial charge in [-0.2, -0.15) is 0 Å². The predicted octanol–water partition coefficient (Wildman–Crippen LogP) is 4.53. The van der Waals surface area contributed by atoms with Gasteiger partial charge in [-0.15, -0.1) is 0 Å². The highest BCUT2D eigenvalue weighted by Gasteiger charge is 2.14. The van der Waals surface area contributed by atoms with Gasteiger partial charge in [-0.25, -0.2) is 0 Å². The van der Waals surface area contributed by atoms with Crippen LogP contribution in [0.15, 0.2) is 60.7 Å². The standard InChI is InChI=1S/C18H12ClN3O3S/c19-15-9-8-12(22(24)25)10-16(15)20-18(26)21-17(23)14-7-3-5-11-4-1-2-6-13(11)14/h1-10H,(H2,20,21,23,26). The Kier molecular flexibility index (Phi) is 5.11. The van der Waals surface area contributed by atoms with E-state index in [-0.39, 0.29) is 27.4 Å². The van der Waals surface area contributed by atoms with Gasteiger partial charge in [-0.3, -0.25) is 20.2 Å². The molecule has 0 saturated heterocycles. The van der Waals surface area contributed by atoms with E-state index in [1.165, 1.54) is 18.2 Å². The van der Waals surface area contributed by atoms with E-state index in [2.05, 4.69) is 10.6 Å². The van der Waals surface area contributed by atoms with Crippen LogP contribution < -0.4 is 10.6 Å². The molecule has 130 valence electrons. The number of amides is 1. The van der Waals surface area contributed by atoms with Crippen LogP contribution in [0.4, 0.5) is 11.4 Å². The molecule has 0 unspecified atom stereocenters. The number of carbonyl (C=O) groups is 1. The third-order valence-corrected chi connectivity index (χ3v) is 4.20. The summed E-state index contributed by atoms with van der Waals surface area (Å²) in [6.45, 7) is 0. The third kappa shape index (κ3) is 3.79. The zero-order valence-corrected chi connectivity index (χ0v) is 14.8. The van der Waals surface area contributed by atoms with Crippen LogP contribution in [0.3, 0.4) is 0 Å². The average molecular weight is 386 g/mol. The molecule has 6 nitrogen and oxygen atoms in total. The molecule has 26 heavy (non-hydrogen) atoms. The fourth-order valence-electron chi connectivity index (χ4n) is 2.47. The maximum absolute atomic E-state index is 12.5. The first-order valence-corrected chi connectivity index (χ1v) is 8.28. The Morgan fingerprint density at radius 2 is 1.81 bits per heavy atom. The first-order valence-electron chi connectivity index (χ1n) is 7.50. The second kappa shape index (κ2) is 7.47. The molecule has 1 amide bonds. The topological polar surface area (TPSA) is 84.3 Å². The summed E-state index contributed by atoms with van der Waals surface area (Å²) in [5.41, 5.74) is 0.571. The summed E-state index contributed by atoms with van der Waals surface area (Å²) in [7, 11) is 0. The minimum absolute atomic E-state index is 0.00895. The Morgan fingerprint density at radius 3 is 2.58 bits per heavy atom. The lowest BCUT2D eigenvalue weighted by molar-refractivity contribution is -0.384. The van der Waals surface area contributed by atoms with Gasteiger partial charge in [-0.1, -0.05) is 48.0 Å². The second-order valence-electron chi connectivity index (χ2n) is 5.36. The monoisotopic (exact) mass is 385 g/mol. The number of anilines is 1. The smallest absolute Gasteiger partial charge is 0.271 e. The van der Waals surface area contributed by atoms with Crippen molar-refractivity contribution in [3.05, 3.63) is 81.4 Å². The summed E-state index contributed by atoms with van der Waals surface area (Å²) in [4.78, 5) is 22.9. The number of benzene rings is 3. The number of nitro benzene ring substituents is 1. The molecular formula is C18H12ClN3O3S. The van der Waals surface area contributed by atoms with Crippen molar-refractivity contribution >= 4 is 57.0 Å². The van der Waals surface area contributed by atoms with Gasteiger partial charge < -0.3 is 5.32 Å². The number of nitrogens with zero attached hydrogens (tertiary/aromatic N) is 1. The van der Waals surface area contributed by atoms with Gasteiger partial charge in [-0.05, 0) is 35.1 Å². The molecule has 0 radical (unpaired) electrons. The molecule has 3 aromatic rings. The molecule has 0 aliphatic heterocycles. The molecule has 0 aliphatic rings. The number of rotatable bonds is 3. The molecule has 0 heterocycles. The van der Waals surface area contributed by atoms with Crippen molar-refractivity contribution in [2.75, 3.05) is 5.32 Å². The van der Waals surface area contributed by atoms with Crippen molar-refractivity contribution in [3.63, 3.8) is 0 Å². The largest absolute Gasteiger partial charge is 0.331 e. The van der Waals surface area contributed by atoms with Gasteiger partial charge >= 0.3 is 0 Å². The van der Waals surface area contributed by atoms with Crippen LogP contribution in [0.5, 0.6) is 0 Å². The minimum Gasteiger partial charge on any atom is -0.331 e. The number of halogens is 1. The van der Waals surface area contributed by atoms with Crippen molar-refractivity contribution in [1.29, 1.82) is 0 Å². The number of non-ortho nitro benzene ring substituents is 1. The van der Waals surface area contributed by atoms with Gasteiger partial charge in [0, 0.05) is 17.7 Å². The van der Waals surface area contributed by atoms with Gasteiger partial charge in [0.25, 0.3) is 11.6 Å². The molecule has 8 heteroatoms. The quantitative estimate of drug-likeness (QED) is 0.393. The Bertz CT molecular complexity index is 1030. The SMILES string of the molecule is O=C(NC(=S)Nc1cc([N+](=O)[O-])ccc1Cl)c1cccc2ccccc12. The van der Waals surface area contributed by atoms with Crippen LogP contribution in [-0.4, -0.2) is 15.9 Å². The number of thiocarbonyl (C=S) groups is 1. The average Bonchev–Trinajstić information content (AvgIpc) is 2.62. The number of carbonyl (C=O) groups excluding carboxylic acids is 1. The maximum Gasteiger partial charge on any atom is 0.271 e. The van der Waals surface area contributed by atoms with E-state index < -0.39 is 4.92 Å². The summed E-state index contributed by atoms with van der Waals surface area (Å²) in [6, 6.07) is 16.8. The van der Waals surface area contributed by atoms with Crippen LogP contribution in [0.25, 0.3) is 10.8 Å². The van der Waals surface area contributed by atoms with Crippen LogP contribution >= 0.6 is 23.8 Å². The molecule has 0 fully saturated rings. The van der Waals surface area contributed by atoms with E-state index in [1.54, 1.807) is 12.1 Å².